The second-order valence-corrected chi connectivity index (χ2v) is 11.2. The molecule has 9 heteroatoms. The number of aliphatic hydroxyl groups is 1. The molecule has 3 N–H and O–H groups in total. The van der Waals surface area contributed by atoms with Gasteiger partial charge in [0.15, 0.2) is 11.5 Å². The minimum absolute atomic E-state index is 0.0996. The van der Waals surface area contributed by atoms with E-state index in [2.05, 4.69) is 15.6 Å². The summed E-state index contributed by atoms with van der Waals surface area (Å²) in [5.74, 6) is 1.72. The highest BCUT2D eigenvalue weighted by molar-refractivity contribution is 5.73. The maximum atomic E-state index is 14.3. The summed E-state index contributed by atoms with van der Waals surface area (Å²) in [6.07, 6.45) is 5.34. The second kappa shape index (κ2) is 10.1. The Balaban J connectivity index is 1.31. The maximum absolute atomic E-state index is 14.3. The highest BCUT2D eigenvalue weighted by Gasteiger charge is 2.46. The van der Waals surface area contributed by atoms with Crippen molar-refractivity contribution in [2.75, 3.05) is 13.3 Å². The maximum Gasteiger partial charge on any atom is 0.231 e. The summed E-state index contributed by atoms with van der Waals surface area (Å²) >= 11 is 0. The summed E-state index contributed by atoms with van der Waals surface area (Å²) in [6, 6.07) is 7.00. The molecule has 0 unspecified atom stereocenters. The van der Waals surface area contributed by atoms with Crippen LogP contribution in [0.2, 0.25) is 0 Å². The van der Waals surface area contributed by atoms with Gasteiger partial charge in [-0.3, -0.25) is 4.79 Å². The Bertz CT molecular complexity index is 1150. The fourth-order valence-electron chi connectivity index (χ4n) is 5.49. The average Bonchev–Trinajstić information content (AvgIpc) is 3.27. The van der Waals surface area contributed by atoms with E-state index in [4.69, 9.17) is 14.2 Å². The lowest BCUT2D eigenvalue weighted by molar-refractivity contribution is -0.120. The van der Waals surface area contributed by atoms with Gasteiger partial charge in [0.1, 0.15) is 11.3 Å². The van der Waals surface area contributed by atoms with Gasteiger partial charge in [-0.05, 0) is 68.9 Å². The van der Waals surface area contributed by atoms with Gasteiger partial charge in [-0.2, -0.15) is 0 Å². The first-order valence-corrected chi connectivity index (χ1v) is 13.0. The molecule has 200 valence electrons. The van der Waals surface area contributed by atoms with Gasteiger partial charge in [0.25, 0.3) is 0 Å². The van der Waals surface area contributed by atoms with Crippen molar-refractivity contribution in [1.82, 2.24) is 15.6 Å². The molecule has 3 atom stereocenters. The fourth-order valence-corrected chi connectivity index (χ4v) is 5.49. The zero-order valence-electron chi connectivity index (χ0n) is 21.7. The molecule has 3 aliphatic rings. The number of pyridine rings is 1. The number of amides is 1. The van der Waals surface area contributed by atoms with E-state index < -0.39 is 17.8 Å². The Hall–Kier alpha value is -2.91. The van der Waals surface area contributed by atoms with E-state index >= 15 is 0 Å². The molecular weight excluding hydrogens is 477 g/mol. The van der Waals surface area contributed by atoms with E-state index in [0.717, 1.165) is 42.4 Å². The lowest BCUT2D eigenvalue weighted by Crippen LogP contribution is -2.52. The number of fused-ring (bicyclic) bond motifs is 2. The summed E-state index contributed by atoms with van der Waals surface area (Å²) in [5.41, 5.74) is 1.03. The fraction of sp³-hybridized carbons (Fsp3) is 0.571. The van der Waals surface area contributed by atoms with Crippen molar-refractivity contribution in [1.29, 1.82) is 0 Å². The van der Waals surface area contributed by atoms with Gasteiger partial charge in [-0.15, -0.1) is 0 Å². The van der Waals surface area contributed by atoms with Crippen molar-refractivity contribution in [3.05, 3.63) is 47.2 Å². The molecule has 0 saturated heterocycles. The van der Waals surface area contributed by atoms with Crippen LogP contribution < -0.4 is 24.8 Å². The van der Waals surface area contributed by atoms with E-state index in [-0.39, 0.29) is 37.3 Å². The number of aromatic nitrogens is 1. The number of alkyl halides is 1. The topological polar surface area (TPSA) is 102 Å². The third kappa shape index (κ3) is 5.99. The molecule has 1 aliphatic carbocycles. The SMILES string of the molecule is CC(=O)N[C@@H](Cc1ccc2c(c1)OCO2)[C@H](O)CN[C@H]1CC2(CCC2)Oc2ncc(CC(C)(C)F)cc21. The summed E-state index contributed by atoms with van der Waals surface area (Å²) in [7, 11) is 0. The predicted molar refractivity (Wildman–Crippen MR) is 136 cm³/mol. The average molecular weight is 514 g/mol. The lowest BCUT2D eigenvalue weighted by atomic mass is 9.73. The Morgan fingerprint density at radius 1 is 1.24 bits per heavy atom. The van der Waals surface area contributed by atoms with E-state index in [1.54, 1.807) is 20.0 Å². The van der Waals surface area contributed by atoms with Crippen LogP contribution in [0.3, 0.4) is 0 Å². The normalized spacial score (nSPS) is 20.9. The first-order valence-electron chi connectivity index (χ1n) is 13.0. The largest absolute Gasteiger partial charge is 0.471 e. The number of carbonyl (C=O) groups is 1. The van der Waals surface area contributed by atoms with Crippen molar-refractivity contribution in [2.24, 2.45) is 0 Å². The number of nitrogens with zero attached hydrogens (tertiary/aromatic N) is 1. The molecule has 0 radical (unpaired) electrons. The molecule has 1 aromatic carbocycles. The molecule has 2 aromatic rings. The highest BCUT2D eigenvalue weighted by atomic mass is 19.1. The van der Waals surface area contributed by atoms with Crippen molar-refractivity contribution < 1.29 is 28.5 Å². The molecule has 8 nitrogen and oxygen atoms in total. The highest BCUT2D eigenvalue weighted by Crippen LogP contribution is 2.48. The third-order valence-corrected chi connectivity index (χ3v) is 7.41. The first kappa shape index (κ1) is 25.7. The van der Waals surface area contributed by atoms with Crippen molar-refractivity contribution in [2.45, 2.75) is 88.8 Å². The van der Waals surface area contributed by atoms with Gasteiger partial charge in [0, 0.05) is 44.1 Å². The van der Waals surface area contributed by atoms with Crippen LogP contribution in [-0.2, 0) is 17.6 Å². The molecule has 5 rings (SSSR count). The van der Waals surface area contributed by atoms with Crippen LogP contribution in [0.15, 0.2) is 30.5 Å². The zero-order valence-corrected chi connectivity index (χ0v) is 21.7. The van der Waals surface area contributed by atoms with Gasteiger partial charge in [0.05, 0.1) is 12.1 Å². The summed E-state index contributed by atoms with van der Waals surface area (Å²) in [5, 5.41) is 17.6. The Morgan fingerprint density at radius 2 is 2.03 bits per heavy atom. The monoisotopic (exact) mass is 513 g/mol. The van der Waals surface area contributed by atoms with Gasteiger partial charge in [0.2, 0.25) is 18.6 Å². The number of nitrogens with one attached hydrogen (secondary N) is 2. The van der Waals surface area contributed by atoms with Crippen LogP contribution in [0.25, 0.3) is 0 Å². The minimum atomic E-state index is -1.35. The van der Waals surface area contributed by atoms with Gasteiger partial charge in [-0.1, -0.05) is 6.07 Å². The number of halogens is 1. The Kier molecular flexibility index (Phi) is 7.02. The van der Waals surface area contributed by atoms with E-state index in [1.165, 1.54) is 6.92 Å². The number of ether oxygens (including phenoxy) is 3. The number of hydrogen-bond acceptors (Lipinski definition) is 7. The van der Waals surface area contributed by atoms with Crippen LogP contribution in [0, 0.1) is 0 Å². The van der Waals surface area contributed by atoms with E-state index in [1.807, 2.05) is 24.3 Å². The van der Waals surface area contributed by atoms with Crippen molar-refractivity contribution in [3.8, 4) is 17.4 Å². The molecule has 2 aliphatic heterocycles. The predicted octanol–water partition coefficient (Wildman–Crippen LogP) is 3.55. The first-order chi connectivity index (χ1) is 17.6. The summed E-state index contributed by atoms with van der Waals surface area (Å²) in [6.45, 7) is 5.01. The number of benzene rings is 1. The van der Waals surface area contributed by atoms with E-state index in [0.29, 0.717) is 23.8 Å². The molecule has 1 fully saturated rings. The van der Waals surface area contributed by atoms with Crippen molar-refractivity contribution in [3.63, 3.8) is 0 Å². The van der Waals surface area contributed by atoms with E-state index in [9.17, 15) is 14.3 Å². The summed E-state index contributed by atoms with van der Waals surface area (Å²) < 4.78 is 31.5. The van der Waals surface area contributed by atoms with Gasteiger partial charge >= 0.3 is 0 Å². The Labute approximate surface area is 216 Å². The Morgan fingerprint density at radius 3 is 2.73 bits per heavy atom. The third-order valence-electron chi connectivity index (χ3n) is 7.41. The number of rotatable bonds is 9. The lowest BCUT2D eigenvalue weighted by Gasteiger charge is -2.47. The standard InChI is InChI=1S/C28H36FN3O5/c1-17(33)32-21(10-18-5-6-24-25(11-18)36-16-35-24)23(34)15-30-22-13-28(7-4-8-28)37-26-20(22)9-19(14-31-26)12-27(2,3)29/h5-6,9,11,14,21-23,30,34H,4,7-8,10,12-13,15-16H2,1-3H3,(H,32,33)/t21-,22-,23+/m0/s1. The zero-order chi connectivity index (χ0) is 26.2. The molecule has 1 spiro atoms. The number of hydrogen-bond donors (Lipinski definition) is 3. The molecule has 1 saturated carbocycles. The molecular formula is C28H36FN3O5. The molecule has 37 heavy (non-hydrogen) atoms. The quantitative estimate of drug-likeness (QED) is 0.471. The minimum Gasteiger partial charge on any atom is -0.471 e. The van der Waals surface area contributed by atoms with Crippen LogP contribution in [-0.4, -0.2) is 52.8 Å². The molecule has 0 bridgehead atoms. The van der Waals surface area contributed by atoms with Gasteiger partial charge in [-0.25, -0.2) is 9.37 Å². The van der Waals surface area contributed by atoms with Crippen molar-refractivity contribution >= 4 is 5.91 Å². The second-order valence-electron chi connectivity index (χ2n) is 11.2. The van der Waals surface area contributed by atoms with Gasteiger partial charge < -0.3 is 30.0 Å². The number of carbonyl (C=O) groups excluding carboxylic acids is 1. The smallest absolute Gasteiger partial charge is 0.231 e. The summed E-state index contributed by atoms with van der Waals surface area (Å²) in [4.78, 5) is 16.5. The molecule has 1 amide bonds. The van der Waals surface area contributed by atoms with Crippen LogP contribution in [0.4, 0.5) is 4.39 Å². The number of aliphatic hydroxyl groups excluding tert-OH is 1. The van der Waals surface area contributed by atoms with Crippen LogP contribution in [0.5, 0.6) is 17.4 Å². The molecule has 1 aromatic heterocycles. The molecule has 3 heterocycles. The van der Waals surface area contributed by atoms with Crippen LogP contribution in [0.1, 0.15) is 69.2 Å². The van der Waals surface area contributed by atoms with Crippen LogP contribution >= 0.6 is 0 Å².